The summed E-state index contributed by atoms with van der Waals surface area (Å²) in [4.78, 5) is 1.15. The van der Waals surface area contributed by atoms with E-state index in [2.05, 4.69) is 13.8 Å². The highest BCUT2D eigenvalue weighted by Crippen LogP contribution is 2.33. The van der Waals surface area contributed by atoms with Crippen LogP contribution in [0.25, 0.3) is 0 Å². The molecule has 0 heterocycles. The highest BCUT2D eigenvalue weighted by molar-refractivity contribution is 7.99. The Labute approximate surface area is 102 Å². The second-order valence-corrected chi connectivity index (χ2v) is 4.90. The molecule has 0 amide bonds. The smallest absolute Gasteiger partial charge is 0.132 e. The minimum atomic E-state index is 0.723. The van der Waals surface area contributed by atoms with Gasteiger partial charge in [-0.25, -0.2) is 0 Å². The average Bonchev–Trinajstić information content (AvgIpc) is 2.35. The van der Waals surface area contributed by atoms with Crippen molar-refractivity contribution in [2.24, 2.45) is 5.92 Å². The molecule has 2 nitrogen and oxygen atoms in total. The number of rotatable bonds is 6. The molecule has 1 unspecified atom stereocenters. The molecule has 90 valence electrons. The quantitative estimate of drug-likeness (QED) is 0.704. The van der Waals surface area contributed by atoms with Crippen molar-refractivity contribution in [2.45, 2.75) is 25.2 Å². The van der Waals surface area contributed by atoms with E-state index in [-0.39, 0.29) is 0 Å². The van der Waals surface area contributed by atoms with Crippen LogP contribution in [-0.4, -0.2) is 20.0 Å². The second-order valence-electron chi connectivity index (χ2n) is 3.84. The third-order valence-corrected chi connectivity index (χ3v) is 3.96. The first-order valence-electron chi connectivity index (χ1n) is 5.56. The van der Waals surface area contributed by atoms with E-state index >= 15 is 0 Å². The lowest BCUT2D eigenvalue weighted by Crippen LogP contribution is -1.96. The maximum atomic E-state index is 5.33. The van der Waals surface area contributed by atoms with E-state index in [0.717, 1.165) is 28.1 Å². The number of methoxy groups -OCH3 is 2. The van der Waals surface area contributed by atoms with Crippen molar-refractivity contribution in [3.63, 3.8) is 0 Å². The predicted octanol–water partition coefficient (Wildman–Crippen LogP) is 3.84. The molecule has 0 saturated carbocycles. The average molecular weight is 240 g/mol. The Morgan fingerprint density at radius 2 is 2.00 bits per heavy atom. The third kappa shape index (κ3) is 3.63. The van der Waals surface area contributed by atoms with E-state index in [1.807, 2.05) is 30.0 Å². The van der Waals surface area contributed by atoms with Gasteiger partial charge in [-0.2, -0.15) is 0 Å². The molecule has 1 rings (SSSR count). The van der Waals surface area contributed by atoms with Gasteiger partial charge in [0.2, 0.25) is 0 Å². The van der Waals surface area contributed by atoms with Gasteiger partial charge in [-0.05, 0) is 24.1 Å². The summed E-state index contributed by atoms with van der Waals surface area (Å²) in [6.07, 6.45) is 1.21. The van der Waals surface area contributed by atoms with Gasteiger partial charge in [0.25, 0.3) is 0 Å². The van der Waals surface area contributed by atoms with Crippen LogP contribution in [0.1, 0.15) is 20.3 Å². The molecule has 0 aliphatic carbocycles. The maximum absolute atomic E-state index is 5.33. The van der Waals surface area contributed by atoms with Gasteiger partial charge in [-0.15, -0.1) is 11.8 Å². The molecule has 16 heavy (non-hydrogen) atoms. The number of hydrogen-bond donors (Lipinski definition) is 0. The number of benzene rings is 1. The molecule has 1 aromatic rings. The van der Waals surface area contributed by atoms with Crippen LogP contribution in [0.4, 0.5) is 0 Å². The second kappa shape index (κ2) is 6.69. The van der Waals surface area contributed by atoms with Crippen LogP contribution in [0.3, 0.4) is 0 Å². The van der Waals surface area contributed by atoms with Crippen LogP contribution in [0, 0.1) is 5.92 Å². The third-order valence-electron chi connectivity index (χ3n) is 2.59. The first-order valence-corrected chi connectivity index (χ1v) is 6.54. The van der Waals surface area contributed by atoms with Crippen LogP contribution >= 0.6 is 11.8 Å². The molecule has 0 saturated heterocycles. The Morgan fingerprint density at radius 1 is 1.25 bits per heavy atom. The Kier molecular flexibility index (Phi) is 5.53. The van der Waals surface area contributed by atoms with Gasteiger partial charge in [-0.1, -0.05) is 20.3 Å². The van der Waals surface area contributed by atoms with Gasteiger partial charge in [-0.3, -0.25) is 0 Å². The summed E-state index contributed by atoms with van der Waals surface area (Å²) in [5, 5.41) is 0. The van der Waals surface area contributed by atoms with Crippen LogP contribution in [-0.2, 0) is 0 Å². The monoisotopic (exact) mass is 240 g/mol. The standard InChI is InChI=1S/C13H20O2S/c1-5-10(2)9-16-13-8-11(14-3)6-7-12(13)15-4/h6-8,10H,5,9H2,1-4H3. The lowest BCUT2D eigenvalue weighted by atomic mass is 10.2. The predicted molar refractivity (Wildman–Crippen MR) is 69.7 cm³/mol. The summed E-state index contributed by atoms with van der Waals surface area (Å²) in [5.74, 6) is 3.64. The normalized spacial score (nSPS) is 12.2. The van der Waals surface area contributed by atoms with Gasteiger partial charge < -0.3 is 9.47 Å². The molecular weight excluding hydrogens is 220 g/mol. The fourth-order valence-corrected chi connectivity index (χ4v) is 2.44. The van der Waals surface area contributed by atoms with Crippen molar-refractivity contribution < 1.29 is 9.47 Å². The molecule has 3 heteroatoms. The molecule has 1 aromatic carbocycles. The van der Waals surface area contributed by atoms with E-state index in [1.165, 1.54) is 6.42 Å². The summed E-state index contributed by atoms with van der Waals surface area (Å²) >= 11 is 1.83. The lowest BCUT2D eigenvalue weighted by molar-refractivity contribution is 0.394. The SMILES string of the molecule is CCC(C)CSc1cc(OC)ccc1OC. The van der Waals surface area contributed by atoms with Crippen LogP contribution in [0.15, 0.2) is 23.1 Å². The van der Waals surface area contributed by atoms with E-state index in [9.17, 15) is 0 Å². The van der Waals surface area contributed by atoms with Gasteiger partial charge in [0, 0.05) is 5.75 Å². The Hall–Kier alpha value is -0.830. The van der Waals surface area contributed by atoms with Crippen molar-refractivity contribution in [3.8, 4) is 11.5 Å². The van der Waals surface area contributed by atoms with Crippen molar-refractivity contribution in [1.82, 2.24) is 0 Å². The molecule has 1 atom stereocenters. The number of hydrogen-bond acceptors (Lipinski definition) is 3. The maximum Gasteiger partial charge on any atom is 0.132 e. The first-order chi connectivity index (χ1) is 7.71. The molecule has 0 spiro atoms. The summed E-state index contributed by atoms with van der Waals surface area (Å²) in [5.41, 5.74) is 0. The molecule has 0 aliphatic heterocycles. The highest BCUT2D eigenvalue weighted by atomic mass is 32.2. The fraction of sp³-hybridized carbons (Fsp3) is 0.538. The summed E-state index contributed by atoms with van der Waals surface area (Å²) in [7, 11) is 3.39. The molecular formula is C13H20O2S. The zero-order chi connectivity index (χ0) is 12.0. The molecule has 0 fully saturated rings. The van der Waals surface area contributed by atoms with Crippen molar-refractivity contribution in [3.05, 3.63) is 18.2 Å². The molecule has 0 radical (unpaired) electrons. The van der Waals surface area contributed by atoms with Gasteiger partial charge in [0.05, 0.1) is 19.1 Å². The van der Waals surface area contributed by atoms with Crippen LogP contribution in [0.5, 0.6) is 11.5 Å². The Bertz CT molecular complexity index is 326. The lowest BCUT2D eigenvalue weighted by Gasteiger charge is -2.12. The minimum absolute atomic E-state index is 0.723. The van der Waals surface area contributed by atoms with Gasteiger partial charge >= 0.3 is 0 Å². The van der Waals surface area contributed by atoms with Gasteiger partial charge in [0.1, 0.15) is 11.5 Å². The topological polar surface area (TPSA) is 18.5 Å². The minimum Gasteiger partial charge on any atom is -0.497 e. The summed E-state index contributed by atoms with van der Waals surface area (Å²) in [6, 6.07) is 5.91. The molecule has 0 aromatic heterocycles. The summed E-state index contributed by atoms with van der Waals surface area (Å²) < 4.78 is 10.6. The fourth-order valence-electron chi connectivity index (χ4n) is 1.25. The Balaban J connectivity index is 2.75. The van der Waals surface area contributed by atoms with E-state index in [0.29, 0.717) is 0 Å². The van der Waals surface area contributed by atoms with Crippen molar-refractivity contribution >= 4 is 11.8 Å². The molecule has 0 aliphatic rings. The van der Waals surface area contributed by atoms with Crippen molar-refractivity contribution in [1.29, 1.82) is 0 Å². The van der Waals surface area contributed by atoms with Crippen LogP contribution < -0.4 is 9.47 Å². The number of thioether (sulfide) groups is 1. The summed E-state index contributed by atoms with van der Waals surface area (Å²) in [6.45, 7) is 4.48. The van der Waals surface area contributed by atoms with Crippen LogP contribution in [0.2, 0.25) is 0 Å². The molecule has 0 bridgehead atoms. The zero-order valence-electron chi connectivity index (χ0n) is 10.4. The first kappa shape index (κ1) is 13.2. The number of ether oxygens (including phenoxy) is 2. The van der Waals surface area contributed by atoms with Crippen molar-refractivity contribution in [2.75, 3.05) is 20.0 Å². The highest BCUT2D eigenvalue weighted by Gasteiger charge is 2.07. The Morgan fingerprint density at radius 3 is 2.56 bits per heavy atom. The van der Waals surface area contributed by atoms with Gasteiger partial charge in [0.15, 0.2) is 0 Å². The zero-order valence-corrected chi connectivity index (χ0v) is 11.3. The van der Waals surface area contributed by atoms with E-state index < -0.39 is 0 Å². The van der Waals surface area contributed by atoms with E-state index in [1.54, 1.807) is 14.2 Å². The molecule has 0 N–H and O–H groups in total. The van der Waals surface area contributed by atoms with E-state index in [4.69, 9.17) is 9.47 Å². The largest absolute Gasteiger partial charge is 0.497 e.